The van der Waals surface area contributed by atoms with Crippen LogP contribution >= 0.6 is 27.7 Å². The zero-order chi connectivity index (χ0) is 7.84. The van der Waals surface area contributed by atoms with E-state index in [2.05, 4.69) is 21.1 Å². The van der Waals surface area contributed by atoms with Crippen molar-refractivity contribution in [3.05, 3.63) is 23.4 Å². The summed E-state index contributed by atoms with van der Waals surface area (Å²) in [4.78, 5) is 3.98. The minimum atomic E-state index is 0.663. The molecule has 2 rings (SSSR count). The van der Waals surface area contributed by atoms with Crippen LogP contribution in [0.25, 0.3) is 6.20 Å². The molecule has 2 heterocycles. The Labute approximate surface area is 77.6 Å². The molecular weight excluding hydrogens is 229 g/mol. The topological polar surface area (TPSA) is 21.1 Å². The first kappa shape index (κ1) is 7.18. The van der Waals surface area contributed by atoms with Crippen LogP contribution in [-0.2, 0) is 6.54 Å². The molecule has 0 bridgehead atoms. The van der Waals surface area contributed by atoms with E-state index in [0.29, 0.717) is 5.16 Å². The van der Waals surface area contributed by atoms with Crippen molar-refractivity contribution in [1.29, 1.82) is 0 Å². The Bertz CT molecular complexity index is 307. The smallest absolute Gasteiger partial charge is 0.132 e. The van der Waals surface area contributed by atoms with Crippen LogP contribution in [0.1, 0.15) is 5.69 Å². The summed E-state index contributed by atoms with van der Waals surface area (Å²) in [6.45, 7) is 0.745. The fourth-order valence-corrected chi connectivity index (χ4v) is 1.48. The quantitative estimate of drug-likeness (QED) is 0.506. The monoisotopic (exact) mass is 233 g/mol. The molecule has 0 atom stereocenters. The molecule has 0 unspecified atom stereocenters. The van der Waals surface area contributed by atoms with Crippen LogP contribution in [0.4, 0.5) is 0 Å². The Morgan fingerprint density at radius 3 is 3.27 bits per heavy atom. The van der Waals surface area contributed by atoms with E-state index in [0.717, 1.165) is 12.2 Å². The lowest BCUT2D eigenvalue weighted by Crippen LogP contribution is -2.14. The molecule has 0 N–H and O–H groups in total. The fourth-order valence-electron chi connectivity index (χ4n) is 0.966. The van der Waals surface area contributed by atoms with Gasteiger partial charge in [-0.05, 0) is 0 Å². The molecule has 1 aliphatic rings. The molecule has 0 radical (unpaired) electrons. The number of nitrogens with zero attached hydrogens (tertiary/aromatic N) is 3. The highest BCUT2D eigenvalue weighted by Crippen LogP contribution is 2.24. The van der Waals surface area contributed by atoms with Gasteiger partial charge in [-0.3, -0.25) is 3.93 Å². The largest absolute Gasteiger partial charge is 0.305 e. The second-order valence-electron chi connectivity index (χ2n) is 2.26. The zero-order valence-corrected chi connectivity index (χ0v) is 7.88. The molecule has 0 saturated carbocycles. The minimum absolute atomic E-state index is 0.663. The number of hydrogen-bond donors (Lipinski definition) is 0. The molecule has 0 fully saturated rings. The number of hydrogen-bond acceptors (Lipinski definition) is 2. The van der Waals surface area contributed by atoms with Crippen molar-refractivity contribution in [3.63, 3.8) is 0 Å². The van der Waals surface area contributed by atoms with E-state index in [1.807, 2.05) is 17.0 Å². The number of imidazole rings is 1. The Morgan fingerprint density at radius 1 is 1.64 bits per heavy atom. The highest BCUT2D eigenvalue weighted by molar-refractivity contribution is 9.07. The van der Waals surface area contributed by atoms with Crippen molar-refractivity contribution >= 4 is 33.9 Å². The summed E-state index contributed by atoms with van der Waals surface area (Å²) in [5.41, 5.74) is 1.12. The predicted molar refractivity (Wildman–Crippen MR) is 46.8 cm³/mol. The van der Waals surface area contributed by atoms with Gasteiger partial charge in [-0.1, -0.05) is 11.6 Å². The molecule has 11 heavy (non-hydrogen) atoms. The Kier molecular flexibility index (Phi) is 1.65. The standard InChI is InChI=1S/C6H5BrClN3/c7-11-2-5-1-9-4-10(5)3-6(11)8/h1,3-4H,2H2. The normalized spacial score (nSPS) is 16.2. The van der Waals surface area contributed by atoms with Gasteiger partial charge >= 0.3 is 0 Å². The van der Waals surface area contributed by atoms with Gasteiger partial charge < -0.3 is 4.57 Å². The van der Waals surface area contributed by atoms with E-state index >= 15 is 0 Å². The molecule has 0 amide bonds. The SMILES string of the molecule is ClC1=Cn2cncc2CN1Br. The summed E-state index contributed by atoms with van der Waals surface area (Å²) in [6.07, 6.45) is 5.36. The van der Waals surface area contributed by atoms with Gasteiger partial charge in [0, 0.05) is 6.20 Å². The highest BCUT2D eigenvalue weighted by Gasteiger charge is 2.13. The molecule has 58 valence electrons. The Hall–Kier alpha value is -0.480. The summed E-state index contributed by atoms with van der Waals surface area (Å²) >= 11 is 9.14. The van der Waals surface area contributed by atoms with Gasteiger partial charge in [0.2, 0.25) is 0 Å². The number of halogens is 2. The third-order valence-electron chi connectivity index (χ3n) is 1.52. The van der Waals surface area contributed by atoms with Gasteiger partial charge in [0.05, 0.1) is 40.9 Å². The molecule has 5 heteroatoms. The molecular formula is C6H5BrClN3. The van der Waals surface area contributed by atoms with Gasteiger partial charge in [-0.15, -0.1) is 0 Å². The second-order valence-corrected chi connectivity index (χ2v) is 3.51. The van der Waals surface area contributed by atoms with Crippen LogP contribution in [0.2, 0.25) is 0 Å². The third-order valence-corrected chi connectivity index (χ3v) is 2.66. The maximum Gasteiger partial charge on any atom is 0.132 e. The van der Waals surface area contributed by atoms with Crippen molar-refractivity contribution in [2.75, 3.05) is 0 Å². The predicted octanol–water partition coefficient (Wildman–Crippen LogP) is 2.00. The molecule has 1 aromatic heterocycles. The van der Waals surface area contributed by atoms with E-state index in [9.17, 15) is 0 Å². The van der Waals surface area contributed by atoms with Crippen molar-refractivity contribution in [1.82, 2.24) is 13.5 Å². The molecule has 1 aliphatic heterocycles. The lowest BCUT2D eigenvalue weighted by molar-refractivity contribution is 0.587. The first-order chi connectivity index (χ1) is 5.27. The lowest BCUT2D eigenvalue weighted by atomic mass is 10.4. The molecule has 0 spiro atoms. The van der Waals surface area contributed by atoms with Gasteiger partial charge in [-0.25, -0.2) is 4.98 Å². The minimum Gasteiger partial charge on any atom is -0.305 e. The summed E-state index contributed by atoms with van der Waals surface area (Å²) in [5, 5.41) is 0.663. The summed E-state index contributed by atoms with van der Waals surface area (Å²) in [5.74, 6) is 0. The maximum atomic E-state index is 5.84. The molecule has 3 nitrogen and oxygen atoms in total. The maximum absolute atomic E-state index is 5.84. The highest BCUT2D eigenvalue weighted by atomic mass is 79.9. The van der Waals surface area contributed by atoms with Gasteiger partial charge in [0.15, 0.2) is 0 Å². The summed E-state index contributed by atoms with van der Waals surface area (Å²) < 4.78 is 3.69. The van der Waals surface area contributed by atoms with Crippen molar-refractivity contribution in [3.8, 4) is 0 Å². The molecule has 1 aromatic rings. The first-order valence-electron chi connectivity index (χ1n) is 3.09. The van der Waals surface area contributed by atoms with Crippen LogP contribution < -0.4 is 0 Å². The average molecular weight is 234 g/mol. The van der Waals surface area contributed by atoms with Crippen molar-refractivity contribution in [2.45, 2.75) is 6.54 Å². The second kappa shape index (κ2) is 2.53. The lowest BCUT2D eigenvalue weighted by Gasteiger charge is -2.20. The summed E-state index contributed by atoms with van der Waals surface area (Å²) in [6, 6.07) is 0. The van der Waals surface area contributed by atoms with E-state index in [-0.39, 0.29) is 0 Å². The van der Waals surface area contributed by atoms with E-state index in [1.165, 1.54) is 0 Å². The van der Waals surface area contributed by atoms with Crippen LogP contribution in [0, 0.1) is 0 Å². The van der Waals surface area contributed by atoms with Gasteiger partial charge in [-0.2, -0.15) is 0 Å². The average Bonchev–Trinajstić information content (AvgIpc) is 2.36. The molecule has 0 aromatic carbocycles. The molecule has 0 saturated heterocycles. The fraction of sp³-hybridized carbons (Fsp3) is 0.167. The van der Waals surface area contributed by atoms with Crippen LogP contribution in [0.5, 0.6) is 0 Å². The first-order valence-corrected chi connectivity index (χ1v) is 4.17. The number of fused-ring (bicyclic) bond motifs is 1. The van der Waals surface area contributed by atoms with Crippen molar-refractivity contribution < 1.29 is 0 Å². The van der Waals surface area contributed by atoms with E-state index in [4.69, 9.17) is 11.6 Å². The van der Waals surface area contributed by atoms with Gasteiger partial charge in [0.25, 0.3) is 0 Å². The van der Waals surface area contributed by atoms with Crippen molar-refractivity contribution in [2.24, 2.45) is 0 Å². The van der Waals surface area contributed by atoms with Crippen LogP contribution in [-0.4, -0.2) is 13.5 Å². The number of rotatable bonds is 0. The van der Waals surface area contributed by atoms with Crippen LogP contribution in [0.3, 0.4) is 0 Å². The third kappa shape index (κ3) is 1.16. The number of aromatic nitrogens is 2. The Balaban J connectivity index is 2.47. The Morgan fingerprint density at radius 2 is 2.45 bits per heavy atom. The van der Waals surface area contributed by atoms with Gasteiger partial charge in [0.1, 0.15) is 5.16 Å². The zero-order valence-electron chi connectivity index (χ0n) is 5.54. The van der Waals surface area contributed by atoms with Crippen LogP contribution in [0.15, 0.2) is 17.7 Å². The van der Waals surface area contributed by atoms with E-state index in [1.54, 1.807) is 10.3 Å². The summed E-state index contributed by atoms with van der Waals surface area (Å²) in [7, 11) is 0. The van der Waals surface area contributed by atoms with E-state index < -0.39 is 0 Å². The molecule has 0 aliphatic carbocycles.